The third-order valence-electron chi connectivity index (χ3n) is 4.34. The number of carbonyl (C=O) groups is 2. The maximum atomic E-state index is 12.6. The number of ether oxygens (including phenoxy) is 1. The fourth-order valence-electron chi connectivity index (χ4n) is 2.71. The van der Waals surface area contributed by atoms with Gasteiger partial charge in [-0.2, -0.15) is 5.10 Å². The van der Waals surface area contributed by atoms with E-state index in [2.05, 4.69) is 10.4 Å². The summed E-state index contributed by atoms with van der Waals surface area (Å²) >= 11 is 5.94. The molecule has 0 aliphatic rings. The molecule has 2 N–H and O–H groups in total. The van der Waals surface area contributed by atoms with Crippen LogP contribution in [-0.2, 0) is 4.79 Å². The van der Waals surface area contributed by atoms with Crippen molar-refractivity contribution in [2.75, 3.05) is 5.32 Å². The molecule has 11 heteroatoms. The Balaban J connectivity index is 1.85. The predicted molar refractivity (Wildman–Crippen MR) is 112 cm³/mol. The molecule has 1 atom stereocenters. The fraction of sp³-hybridized carbons (Fsp3) is 0.150. The molecular weight excluding hydrogens is 428 g/mol. The van der Waals surface area contributed by atoms with Gasteiger partial charge < -0.3 is 15.2 Å². The molecule has 1 heterocycles. The molecule has 31 heavy (non-hydrogen) atoms. The summed E-state index contributed by atoms with van der Waals surface area (Å²) in [7, 11) is 0. The summed E-state index contributed by atoms with van der Waals surface area (Å²) in [6, 6.07) is 9.22. The van der Waals surface area contributed by atoms with Crippen molar-refractivity contribution >= 4 is 34.9 Å². The van der Waals surface area contributed by atoms with E-state index in [1.54, 1.807) is 25.1 Å². The van der Waals surface area contributed by atoms with Gasteiger partial charge in [-0.1, -0.05) is 11.6 Å². The lowest BCUT2D eigenvalue weighted by Gasteiger charge is -2.14. The van der Waals surface area contributed by atoms with Crippen molar-refractivity contribution < 1.29 is 24.4 Å². The van der Waals surface area contributed by atoms with E-state index in [4.69, 9.17) is 21.4 Å². The average molecular weight is 445 g/mol. The SMILES string of the molecule is Cc1cc(Cl)ccc1Oc1cc(NC(=O)C(C)n2ccc(C(=O)O)n2)cc([N+](=O)[O-])c1. The van der Waals surface area contributed by atoms with Gasteiger partial charge in [0, 0.05) is 23.4 Å². The Hall–Kier alpha value is -3.92. The van der Waals surface area contributed by atoms with E-state index in [0.29, 0.717) is 10.8 Å². The normalized spacial score (nSPS) is 11.6. The molecule has 0 aliphatic carbocycles. The number of nitro groups is 1. The van der Waals surface area contributed by atoms with E-state index in [1.165, 1.54) is 42.1 Å². The van der Waals surface area contributed by atoms with Gasteiger partial charge in [-0.15, -0.1) is 0 Å². The molecule has 0 bridgehead atoms. The lowest BCUT2D eigenvalue weighted by molar-refractivity contribution is -0.384. The van der Waals surface area contributed by atoms with Gasteiger partial charge in [0.2, 0.25) is 5.91 Å². The van der Waals surface area contributed by atoms with Gasteiger partial charge >= 0.3 is 5.97 Å². The Kier molecular flexibility index (Phi) is 6.21. The van der Waals surface area contributed by atoms with E-state index in [1.807, 2.05) is 0 Å². The minimum absolute atomic E-state index is 0.137. The molecule has 3 aromatic rings. The Morgan fingerprint density at radius 3 is 2.61 bits per heavy atom. The van der Waals surface area contributed by atoms with Gasteiger partial charge in [-0.05, 0) is 43.7 Å². The highest BCUT2D eigenvalue weighted by molar-refractivity contribution is 6.30. The maximum Gasteiger partial charge on any atom is 0.356 e. The molecular formula is C20H17ClN4O6. The number of benzene rings is 2. The molecule has 2 aromatic carbocycles. The molecule has 3 rings (SSSR count). The number of aromatic nitrogens is 2. The summed E-state index contributed by atoms with van der Waals surface area (Å²) in [6.45, 7) is 3.29. The van der Waals surface area contributed by atoms with Crippen LogP contribution in [-0.4, -0.2) is 31.7 Å². The number of nitrogens with one attached hydrogen (secondary N) is 1. The van der Waals surface area contributed by atoms with Gasteiger partial charge in [0.05, 0.1) is 16.7 Å². The van der Waals surface area contributed by atoms with Crippen LogP contribution in [0.25, 0.3) is 0 Å². The number of aromatic carboxylic acids is 1. The second-order valence-electron chi connectivity index (χ2n) is 6.64. The number of anilines is 1. The van der Waals surface area contributed by atoms with Crippen LogP contribution in [0.4, 0.5) is 11.4 Å². The predicted octanol–water partition coefficient (Wildman–Crippen LogP) is 4.44. The van der Waals surface area contributed by atoms with Gasteiger partial charge in [-0.25, -0.2) is 4.79 Å². The molecule has 160 valence electrons. The zero-order valence-corrected chi connectivity index (χ0v) is 17.2. The molecule has 1 amide bonds. The summed E-state index contributed by atoms with van der Waals surface area (Å²) in [5, 5.41) is 27.2. The van der Waals surface area contributed by atoms with E-state index in [-0.39, 0.29) is 22.8 Å². The number of rotatable bonds is 7. The zero-order valence-electron chi connectivity index (χ0n) is 16.4. The first-order chi connectivity index (χ1) is 14.6. The summed E-state index contributed by atoms with van der Waals surface area (Å²) in [5.74, 6) is -1.17. The summed E-state index contributed by atoms with van der Waals surface area (Å²) in [6.07, 6.45) is 1.36. The van der Waals surface area contributed by atoms with Gasteiger partial charge in [0.1, 0.15) is 17.5 Å². The molecule has 0 spiro atoms. The van der Waals surface area contributed by atoms with Crippen LogP contribution in [0, 0.1) is 17.0 Å². The van der Waals surface area contributed by atoms with Gasteiger partial charge in [-0.3, -0.25) is 19.6 Å². The third kappa shape index (κ3) is 5.17. The van der Waals surface area contributed by atoms with Crippen LogP contribution in [0.5, 0.6) is 11.5 Å². The van der Waals surface area contributed by atoms with Crippen molar-refractivity contribution in [3.63, 3.8) is 0 Å². The van der Waals surface area contributed by atoms with Crippen molar-refractivity contribution in [2.45, 2.75) is 19.9 Å². The van der Waals surface area contributed by atoms with E-state index in [0.717, 1.165) is 5.56 Å². The summed E-state index contributed by atoms with van der Waals surface area (Å²) in [5.41, 5.74) is 0.382. The van der Waals surface area contributed by atoms with Gasteiger partial charge in [0.25, 0.3) is 5.69 Å². The number of hydrogen-bond donors (Lipinski definition) is 2. The van der Waals surface area contributed by atoms with Crippen LogP contribution in [0.1, 0.15) is 29.0 Å². The highest BCUT2D eigenvalue weighted by atomic mass is 35.5. The first-order valence-electron chi connectivity index (χ1n) is 8.97. The highest BCUT2D eigenvalue weighted by Gasteiger charge is 2.20. The summed E-state index contributed by atoms with van der Waals surface area (Å²) < 4.78 is 6.94. The Morgan fingerprint density at radius 2 is 2.00 bits per heavy atom. The van der Waals surface area contributed by atoms with Gasteiger partial charge in [0.15, 0.2) is 5.69 Å². The van der Waals surface area contributed by atoms with E-state index < -0.39 is 22.8 Å². The lowest BCUT2D eigenvalue weighted by Crippen LogP contribution is -2.24. The molecule has 10 nitrogen and oxygen atoms in total. The molecule has 0 aliphatic heterocycles. The van der Waals surface area contributed by atoms with E-state index >= 15 is 0 Å². The minimum atomic E-state index is -1.22. The number of carboxylic acid groups (broad SMARTS) is 1. The lowest BCUT2D eigenvalue weighted by atomic mass is 10.2. The van der Waals surface area contributed by atoms with Crippen molar-refractivity contribution in [3.05, 3.63) is 75.1 Å². The quantitative estimate of drug-likeness (QED) is 0.405. The Morgan fingerprint density at radius 1 is 1.26 bits per heavy atom. The number of hydrogen-bond acceptors (Lipinski definition) is 6. The molecule has 0 saturated carbocycles. The monoisotopic (exact) mass is 444 g/mol. The maximum absolute atomic E-state index is 12.6. The minimum Gasteiger partial charge on any atom is -0.476 e. The van der Waals surface area contributed by atoms with Crippen molar-refractivity contribution in [1.82, 2.24) is 9.78 Å². The standard InChI is InChI=1S/C20H17ClN4O6/c1-11-7-13(21)3-4-18(11)31-16-9-14(8-15(10-16)25(29)30)22-19(26)12(2)24-6-5-17(23-24)20(27)28/h3-10,12H,1-2H3,(H,22,26)(H,27,28). The number of halogens is 1. The smallest absolute Gasteiger partial charge is 0.356 e. The summed E-state index contributed by atoms with van der Waals surface area (Å²) in [4.78, 5) is 34.3. The number of carboxylic acids is 1. The average Bonchev–Trinajstić information content (AvgIpc) is 3.20. The Bertz CT molecular complexity index is 1180. The molecule has 1 unspecified atom stereocenters. The number of amides is 1. The number of carbonyl (C=O) groups excluding carboxylic acids is 1. The highest BCUT2D eigenvalue weighted by Crippen LogP contribution is 2.32. The van der Waals surface area contributed by atoms with Crippen LogP contribution >= 0.6 is 11.6 Å². The zero-order chi connectivity index (χ0) is 22.7. The molecule has 0 saturated heterocycles. The largest absolute Gasteiger partial charge is 0.476 e. The molecule has 1 aromatic heterocycles. The second kappa shape index (κ2) is 8.84. The molecule has 0 radical (unpaired) electrons. The van der Waals surface area contributed by atoms with Crippen LogP contribution in [0.15, 0.2) is 48.7 Å². The number of nitrogens with zero attached hydrogens (tertiary/aromatic N) is 3. The second-order valence-corrected chi connectivity index (χ2v) is 7.07. The van der Waals surface area contributed by atoms with Crippen molar-refractivity contribution in [2.24, 2.45) is 0 Å². The number of non-ortho nitro benzene ring substituents is 1. The topological polar surface area (TPSA) is 137 Å². The number of aryl methyl sites for hydroxylation is 1. The Labute approximate surface area is 181 Å². The van der Waals surface area contributed by atoms with Crippen LogP contribution < -0.4 is 10.1 Å². The first-order valence-corrected chi connectivity index (χ1v) is 9.34. The number of nitro benzene ring substituents is 1. The third-order valence-corrected chi connectivity index (χ3v) is 4.57. The van der Waals surface area contributed by atoms with Crippen molar-refractivity contribution in [1.29, 1.82) is 0 Å². The van der Waals surface area contributed by atoms with Crippen LogP contribution in [0.2, 0.25) is 5.02 Å². The molecule has 0 fully saturated rings. The van der Waals surface area contributed by atoms with Crippen LogP contribution in [0.3, 0.4) is 0 Å². The first kappa shape index (κ1) is 21.8. The van der Waals surface area contributed by atoms with E-state index in [9.17, 15) is 19.7 Å². The van der Waals surface area contributed by atoms with Crippen molar-refractivity contribution in [3.8, 4) is 11.5 Å². The fourth-order valence-corrected chi connectivity index (χ4v) is 2.94.